The van der Waals surface area contributed by atoms with Gasteiger partial charge in [0.2, 0.25) is 5.13 Å². The van der Waals surface area contributed by atoms with Gasteiger partial charge in [-0.1, -0.05) is 53.8 Å². The van der Waals surface area contributed by atoms with Gasteiger partial charge in [-0.15, -0.1) is 30.7 Å². The molecule has 420 valence electrons. The molecule has 2 heterocycles. The third-order valence-electron chi connectivity index (χ3n) is 11.8. The number of phenols is 1. The summed E-state index contributed by atoms with van der Waals surface area (Å²) in [7, 11) is -25.8. The number of aromatic hydroxyl groups is 1. The zero-order chi connectivity index (χ0) is 58.6. The fraction of sp³-hybridized carbons (Fsp3) is 0.106. The Morgan fingerprint density at radius 2 is 1.27 bits per heavy atom. The highest BCUT2D eigenvalue weighted by Gasteiger charge is 2.28. The maximum Gasteiger partial charge on any atom is 0.299 e. The van der Waals surface area contributed by atoms with Crippen LogP contribution in [0.1, 0.15) is 17.5 Å². The molecular weight excluding hydrogens is 1190 g/mol. The Morgan fingerprint density at radius 1 is 0.630 bits per heavy atom. The molecule has 0 saturated heterocycles. The molecule has 0 saturated carbocycles. The van der Waals surface area contributed by atoms with Crippen molar-refractivity contribution >= 4 is 127 Å². The molecule has 0 spiro atoms. The van der Waals surface area contributed by atoms with Crippen LogP contribution in [0.2, 0.25) is 0 Å². The van der Waals surface area contributed by atoms with E-state index in [4.69, 9.17) is 4.74 Å². The van der Waals surface area contributed by atoms with E-state index in [0.29, 0.717) is 39.5 Å². The van der Waals surface area contributed by atoms with Crippen LogP contribution in [0.15, 0.2) is 164 Å². The molecule has 0 unspecified atom stereocenters. The van der Waals surface area contributed by atoms with E-state index in [0.717, 1.165) is 35.0 Å². The number of nitrogens with one attached hydrogen (secondary N) is 1. The summed E-state index contributed by atoms with van der Waals surface area (Å²) in [5, 5.41) is 46.8. The molecule has 0 fully saturated rings. The van der Waals surface area contributed by atoms with Crippen LogP contribution in [-0.4, -0.2) is 102 Å². The minimum absolute atomic E-state index is 0.00217. The number of aliphatic hydroxyl groups is 1. The van der Waals surface area contributed by atoms with Crippen LogP contribution >= 0.6 is 11.3 Å². The molecule has 0 aliphatic rings. The molecule has 81 heavy (non-hydrogen) atoms. The number of rotatable bonds is 18. The average molecular weight is 1220 g/mol. The maximum absolute atomic E-state index is 14.4. The summed E-state index contributed by atoms with van der Waals surface area (Å²) in [6.07, 6.45) is -0.150. The van der Waals surface area contributed by atoms with Gasteiger partial charge >= 0.3 is 0 Å². The Bertz CT molecular complexity index is 4840. The molecule has 7 aromatic carbocycles. The Morgan fingerprint density at radius 3 is 1.94 bits per heavy atom. The van der Waals surface area contributed by atoms with E-state index in [1.165, 1.54) is 47.7 Å². The highest BCUT2D eigenvalue weighted by molar-refractivity contribution is 7.87. The van der Waals surface area contributed by atoms with Crippen molar-refractivity contribution < 1.29 is 79.8 Å². The minimum Gasteiger partial charge on any atom is -0.505 e. The first-order valence-corrected chi connectivity index (χ1v) is 30.9. The molecule has 0 atom stereocenters. The van der Waals surface area contributed by atoms with Gasteiger partial charge in [-0.3, -0.25) is 32.7 Å². The quantitative estimate of drug-likeness (QED) is 0.0225. The van der Waals surface area contributed by atoms with Crippen LogP contribution in [0.4, 0.5) is 33.6 Å². The fourth-order valence-electron chi connectivity index (χ4n) is 8.13. The molecule has 0 aliphatic carbocycles. The fourth-order valence-corrected chi connectivity index (χ4v) is 12.3. The zero-order valence-corrected chi connectivity index (χ0v) is 45.7. The largest absolute Gasteiger partial charge is 0.505 e. The van der Waals surface area contributed by atoms with Crippen LogP contribution in [-0.2, 0) is 57.2 Å². The molecule has 2 aromatic heterocycles. The van der Waals surface area contributed by atoms with Gasteiger partial charge in [0.05, 0.1) is 51.1 Å². The topological polar surface area (TPSA) is 446 Å². The second-order valence-electron chi connectivity index (χ2n) is 17.3. The monoisotopic (exact) mass is 1220 g/mol. The lowest BCUT2D eigenvalue weighted by molar-refractivity contribution is 0.282. The molecular formula is C47H37N9O19S6. The number of fused-ring (bicyclic) bond motifs is 3. The second kappa shape index (κ2) is 21.7. The Labute approximate surface area is 460 Å². The number of ether oxygens (including phenoxy) is 1. The minimum atomic E-state index is -5.46. The predicted molar refractivity (Wildman–Crippen MR) is 290 cm³/mol. The number of aromatic nitrogens is 3. The average Bonchev–Trinajstić information content (AvgIpc) is 3.56. The summed E-state index contributed by atoms with van der Waals surface area (Å²) in [6, 6.07) is 22.3. The van der Waals surface area contributed by atoms with Crippen LogP contribution in [0, 0.1) is 6.92 Å². The van der Waals surface area contributed by atoms with Crippen molar-refractivity contribution in [3.63, 3.8) is 0 Å². The molecule has 0 amide bonds. The highest BCUT2D eigenvalue weighted by Crippen LogP contribution is 2.44. The van der Waals surface area contributed by atoms with Crippen LogP contribution in [0.5, 0.6) is 11.5 Å². The lowest BCUT2D eigenvalue weighted by Gasteiger charge is -2.13. The van der Waals surface area contributed by atoms with Gasteiger partial charge < -0.3 is 14.9 Å². The molecule has 9 rings (SSSR count). The summed E-state index contributed by atoms with van der Waals surface area (Å²) < 4.78 is 181. The number of benzene rings is 7. The lowest BCUT2D eigenvalue weighted by atomic mass is 10.1. The van der Waals surface area contributed by atoms with Crippen LogP contribution in [0.3, 0.4) is 0 Å². The normalized spacial score (nSPS) is 13.0. The van der Waals surface area contributed by atoms with Gasteiger partial charge in [-0.25, -0.2) is 9.67 Å². The van der Waals surface area contributed by atoms with E-state index < -0.39 is 115 Å². The van der Waals surface area contributed by atoms with E-state index in [9.17, 15) is 79.9 Å². The third kappa shape index (κ3) is 12.5. The first-order valence-electron chi connectivity index (χ1n) is 22.7. The van der Waals surface area contributed by atoms with Crippen molar-refractivity contribution in [2.24, 2.45) is 30.7 Å². The van der Waals surface area contributed by atoms with Crippen LogP contribution < -0.4 is 10.3 Å². The molecule has 0 bridgehead atoms. The summed E-state index contributed by atoms with van der Waals surface area (Å²) in [6.45, 7) is 1.24. The molecule has 0 radical (unpaired) electrons. The van der Waals surface area contributed by atoms with Crippen molar-refractivity contribution in [1.82, 2.24) is 14.8 Å². The highest BCUT2D eigenvalue weighted by atomic mass is 32.2. The SMILES string of the molecule is Cc1cc(N=Nc2ccc3c(S(=O)(=O)O)c(N=Nc4c(-c5ccccc5)[nH]n(-c5cc(S(=O)(=O)O)c6cc(S(=O)(=O)O)cc(S(=O)(=O)O)c6c5)c4=O)ccc3c2O)c(OCCCS(=O)(=O)O)cc1N=Nc1nc2ccc(CO)cc2s1. The van der Waals surface area contributed by atoms with Crippen LogP contribution in [0.25, 0.3) is 48.7 Å². The number of phenolic OH excluding ortho intramolecular Hbond substituents is 1. The Hall–Kier alpha value is -8.13. The summed E-state index contributed by atoms with van der Waals surface area (Å²) in [5.74, 6) is -1.30. The van der Waals surface area contributed by atoms with Gasteiger partial charge in [0.15, 0.2) is 11.4 Å². The number of aromatic amines is 1. The first-order chi connectivity index (χ1) is 38.0. The molecule has 28 nitrogen and oxygen atoms in total. The first kappa shape index (κ1) is 57.6. The van der Waals surface area contributed by atoms with Gasteiger partial charge in [0.25, 0.3) is 56.1 Å². The summed E-state index contributed by atoms with van der Waals surface area (Å²) in [5.41, 5.74) is -1.21. The smallest absolute Gasteiger partial charge is 0.299 e. The number of thiazole rings is 1. The molecule has 34 heteroatoms. The number of aryl methyl sites for hydroxylation is 1. The van der Waals surface area contributed by atoms with Crippen molar-refractivity contribution in [3.05, 3.63) is 131 Å². The molecule has 0 aliphatic heterocycles. The van der Waals surface area contributed by atoms with Crippen molar-refractivity contribution in [2.45, 2.75) is 39.5 Å². The number of azo groups is 3. The third-order valence-corrected chi connectivity index (χ3v) is 17.1. The van der Waals surface area contributed by atoms with Crippen molar-refractivity contribution in [1.29, 1.82) is 0 Å². The van der Waals surface area contributed by atoms with E-state index in [-0.39, 0.29) is 69.6 Å². The van der Waals surface area contributed by atoms with Gasteiger partial charge in [-0.05, 0) is 85.1 Å². The van der Waals surface area contributed by atoms with Gasteiger partial charge in [0, 0.05) is 33.2 Å². The van der Waals surface area contributed by atoms with E-state index in [1.807, 2.05) is 0 Å². The zero-order valence-electron chi connectivity index (χ0n) is 40.8. The number of nitrogens with zero attached hydrogens (tertiary/aromatic N) is 8. The van der Waals surface area contributed by atoms with Crippen molar-refractivity contribution in [2.75, 3.05) is 12.4 Å². The molecule has 9 aromatic rings. The molecule has 8 N–H and O–H groups in total. The standard InChI is InChI=1S/C47H37N9O19S6/c1-24-16-37(38(75-14-5-15-77(60,61)62)22-36(24)51-54-47-48-33-11-8-25(23-57)17-39(33)76-47)52-49-34-12-10-30-29(44(34)58)9-13-35(45(30)81(72,73)74)50-53-43-42(26-6-3-2-4-7-26)55-56(46(43)59)27-18-31-32(40(19-27)79(66,67)68)20-28(78(63,64)65)21-41(31)80(69,70)71/h2-4,6-13,16-22,55,57-58H,5,14-15,23H2,1H3,(H,60,61,62)(H,63,64,65)(H,66,67,68)(H,69,70,71)(H,72,73,74). The van der Waals surface area contributed by atoms with Gasteiger partial charge in [-0.2, -0.15) is 42.1 Å². The number of hydrogen-bond donors (Lipinski definition) is 8. The number of H-pyrrole nitrogens is 1. The lowest BCUT2D eigenvalue weighted by Crippen LogP contribution is -2.15. The number of aliphatic hydroxyl groups excluding tert-OH is 1. The van der Waals surface area contributed by atoms with Crippen molar-refractivity contribution in [3.8, 4) is 28.4 Å². The maximum atomic E-state index is 14.4. The second-order valence-corrected chi connectivity index (χ2v) is 25.4. The summed E-state index contributed by atoms with van der Waals surface area (Å²) >= 11 is 1.22. The summed E-state index contributed by atoms with van der Waals surface area (Å²) in [4.78, 5) is 14.2. The van der Waals surface area contributed by atoms with E-state index in [2.05, 4.69) is 40.8 Å². The van der Waals surface area contributed by atoms with E-state index in [1.54, 1.807) is 31.2 Å². The van der Waals surface area contributed by atoms with Gasteiger partial charge in [0.1, 0.15) is 37.5 Å². The van der Waals surface area contributed by atoms with E-state index >= 15 is 0 Å². The Balaban J connectivity index is 1.11. The predicted octanol–water partition coefficient (Wildman–Crippen LogP) is 9.14. The number of hydrogen-bond acceptors (Lipinski definition) is 22. The Kier molecular flexibility index (Phi) is 15.4.